The van der Waals surface area contributed by atoms with Crippen LogP contribution >= 0.6 is 0 Å². The van der Waals surface area contributed by atoms with Crippen molar-refractivity contribution in [1.82, 2.24) is 15.1 Å². The van der Waals surface area contributed by atoms with Gasteiger partial charge in [-0.25, -0.2) is 8.42 Å². The standard InChI is InChI=1S/C30H41N3O4S/c1-22(2)38(35,36)28(27-20-31-19-26(27)24-7-5-4-6-8-24)32-16-13-30(14-17-32)15-18-33(29(30)34)21-23-9-11-25(37-3)12-10-23/h4-12,22,26-28,31H,13-21H2,1-3H3/t26-,27-,28?/m1/s1. The van der Waals surface area contributed by atoms with Crippen LogP contribution in [0.25, 0.3) is 0 Å². The Morgan fingerprint density at radius 2 is 1.63 bits per heavy atom. The minimum atomic E-state index is -3.39. The van der Waals surface area contributed by atoms with Gasteiger partial charge in [-0.05, 0) is 56.4 Å². The maximum atomic E-state index is 13.8. The third kappa shape index (κ3) is 5.10. The number of rotatable bonds is 8. The van der Waals surface area contributed by atoms with Crippen LogP contribution in [0.2, 0.25) is 0 Å². The third-order valence-corrected chi connectivity index (χ3v) is 11.7. The zero-order valence-corrected chi connectivity index (χ0v) is 23.6. The Morgan fingerprint density at radius 1 is 0.974 bits per heavy atom. The smallest absolute Gasteiger partial charge is 0.229 e. The summed E-state index contributed by atoms with van der Waals surface area (Å²) in [6.45, 7) is 7.69. The normalized spacial score (nSPS) is 24.8. The van der Waals surface area contributed by atoms with Crippen LogP contribution in [-0.2, 0) is 21.2 Å². The quantitative estimate of drug-likeness (QED) is 0.552. The van der Waals surface area contributed by atoms with Crippen molar-refractivity contribution in [1.29, 1.82) is 0 Å². The molecule has 2 aromatic rings. The molecule has 0 bridgehead atoms. The minimum Gasteiger partial charge on any atom is -0.497 e. The maximum absolute atomic E-state index is 13.8. The van der Waals surface area contributed by atoms with Crippen LogP contribution in [-0.4, -0.2) is 74.6 Å². The lowest BCUT2D eigenvalue weighted by Crippen LogP contribution is -2.55. The fraction of sp³-hybridized carbons (Fsp3) is 0.567. The van der Waals surface area contributed by atoms with Crippen molar-refractivity contribution < 1.29 is 17.9 Å². The van der Waals surface area contributed by atoms with Gasteiger partial charge in [0.2, 0.25) is 5.91 Å². The molecular formula is C30H41N3O4S. The predicted molar refractivity (Wildman–Crippen MR) is 150 cm³/mol. The molecule has 0 aliphatic carbocycles. The fourth-order valence-corrected chi connectivity index (χ4v) is 8.69. The highest BCUT2D eigenvalue weighted by Crippen LogP contribution is 2.44. The number of carbonyl (C=O) groups excluding carboxylic acids is 1. The molecule has 206 valence electrons. The van der Waals surface area contributed by atoms with Crippen molar-refractivity contribution >= 4 is 15.7 Å². The first-order valence-corrected chi connectivity index (χ1v) is 15.5. The van der Waals surface area contributed by atoms with Gasteiger partial charge in [0.05, 0.1) is 17.8 Å². The Bertz CT molecular complexity index is 1210. The second-order valence-corrected chi connectivity index (χ2v) is 14.1. The van der Waals surface area contributed by atoms with E-state index in [1.807, 2.05) is 47.4 Å². The highest BCUT2D eigenvalue weighted by atomic mass is 32.2. The average Bonchev–Trinajstić information content (AvgIpc) is 3.52. The SMILES string of the molecule is COc1ccc(CN2CCC3(CCN(C([C@@H]4CNC[C@@H]4c4ccccc4)S(=O)(=O)C(C)C)CC3)C2=O)cc1. The summed E-state index contributed by atoms with van der Waals surface area (Å²) in [5.74, 6) is 1.16. The molecule has 3 aliphatic rings. The molecular weight excluding hydrogens is 498 g/mol. The summed E-state index contributed by atoms with van der Waals surface area (Å²) in [7, 11) is -1.74. The van der Waals surface area contributed by atoms with Crippen LogP contribution < -0.4 is 10.1 Å². The number of likely N-dealkylation sites (tertiary alicyclic amines) is 2. The second kappa shape index (κ2) is 11.0. The summed E-state index contributed by atoms with van der Waals surface area (Å²) >= 11 is 0. The van der Waals surface area contributed by atoms with Gasteiger partial charge in [0.15, 0.2) is 9.84 Å². The van der Waals surface area contributed by atoms with E-state index >= 15 is 0 Å². The maximum Gasteiger partial charge on any atom is 0.229 e. The monoisotopic (exact) mass is 539 g/mol. The molecule has 3 aliphatic heterocycles. The van der Waals surface area contributed by atoms with Crippen molar-refractivity contribution in [2.75, 3.05) is 39.8 Å². The molecule has 7 nitrogen and oxygen atoms in total. The molecule has 1 N–H and O–H groups in total. The summed E-state index contributed by atoms with van der Waals surface area (Å²) in [6.07, 6.45) is 2.27. The van der Waals surface area contributed by atoms with Gasteiger partial charge in [-0.3, -0.25) is 9.69 Å². The number of hydrogen-bond acceptors (Lipinski definition) is 6. The number of nitrogens with zero attached hydrogens (tertiary/aromatic N) is 2. The van der Waals surface area contributed by atoms with Crippen LogP contribution in [0.15, 0.2) is 54.6 Å². The van der Waals surface area contributed by atoms with Gasteiger partial charge in [0.25, 0.3) is 0 Å². The Hall–Kier alpha value is -2.42. The molecule has 1 spiro atoms. The fourth-order valence-electron chi connectivity index (χ4n) is 6.73. The number of benzene rings is 2. The zero-order chi connectivity index (χ0) is 26.9. The third-order valence-electron chi connectivity index (χ3n) is 9.10. The average molecular weight is 540 g/mol. The summed E-state index contributed by atoms with van der Waals surface area (Å²) in [5, 5.41) is 2.48. The lowest BCUT2D eigenvalue weighted by molar-refractivity contribution is -0.139. The molecule has 3 saturated heterocycles. The molecule has 3 heterocycles. The van der Waals surface area contributed by atoms with E-state index in [1.165, 1.54) is 5.56 Å². The van der Waals surface area contributed by atoms with Crippen LogP contribution in [0.1, 0.15) is 50.2 Å². The van der Waals surface area contributed by atoms with E-state index < -0.39 is 20.5 Å². The molecule has 8 heteroatoms. The van der Waals surface area contributed by atoms with Gasteiger partial charge in [-0.2, -0.15) is 0 Å². The number of sulfone groups is 1. The van der Waals surface area contributed by atoms with E-state index in [0.717, 1.165) is 30.8 Å². The Kier molecular flexibility index (Phi) is 7.85. The minimum absolute atomic E-state index is 0.0234. The number of methoxy groups -OCH3 is 1. The number of amides is 1. The largest absolute Gasteiger partial charge is 0.497 e. The number of hydrogen-bond donors (Lipinski definition) is 1. The molecule has 0 radical (unpaired) electrons. The summed E-state index contributed by atoms with van der Waals surface area (Å²) < 4.78 is 32.9. The lowest BCUT2D eigenvalue weighted by Gasteiger charge is -2.44. The first-order valence-electron chi connectivity index (χ1n) is 13.9. The van der Waals surface area contributed by atoms with E-state index in [9.17, 15) is 13.2 Å². The van der Waals surface area contributed by atoms with Gasteiger partial charge < -0.3 is 15.0 Å². The number of nitrogens with one attached hydrogen (secondary N) is 1. The van der Waals surface area contributed by atoms with E-state index in [2.05, 4.69) is 22.3 Å². The molecule has 0 aromatic heterocycles. The Labute approximate surface area is 227 Å². The molecule has 2 aromatic carbocycles. The highest BCUT2D eigenvalue weighted by molar-refractivity contribution is 7.92. The Balaban J connectivity index is 1.31. The van der Waals surface area contributed by atoms with E-state index in [1.54, 1.807) is 21.0 Å². The number of carbonyl (C=O) groups is 1. The Morgan fingerprint density at radius 3 is 2.26 bits per heavy atom. The van der Waals surface area contributed by atoms with Crippen LogP contribution in [0.5, 0.6) is 5.75 Å². The van der Waals surface area contributed by atoms with Gasteiger partial charge >= 0.3 is 0 Å². The second-order valence-electron chi connectivity index (χ2n) is 11.5. The first kappa shape index (κ1) is 27.2. The molecule has 3 atom stereocenters. The molecule has 38 heavy (non-hydrogen) atoms. The van der Waals surface area contributed by atoms with Gasteiger partial charge in [-0.1, -0.05) is 42.5 Å². The molecule has 1 unspecified atom stereocenters. The molecule has 0 saturated carbocycles. The first-order chi connectivity index (χ1) is 18.2. The lowest BCUT2D eigenvalue weighted by atomic mass is 9.76. The summed E-state index contributed by atoms with van der Waals surface area (Å²) in [5.41, 5.74) is 1.92. The zero-order valence-electron chi connectivity index (χ0n) is 22.8. The number of ether oxygens (including phenoxy) is 1. The molecule has 5 rings (SSSR count). The highest BCUT2D eigenvalue weighted by Gasteiger charge is 2.52. The summed E-state index contributed by atoms with van der Waals surface area (Å²) in [4.78, 5) is 17.8. The van der Waals surface area contributed by atoms with Gasteiger partial charge in [0.1, 0.15) is 11.1 Å². The number of piperidine rings is 1. The van der Waals surface area contributed by atoms with Gasteiger partial charge in [0, 0.05) is 51.1 Å². The van der Waals surface area contributed by atoms with E-state index in [4.69, 9.17) is 4.74 Å². The van der Waals surface area contributed by atoms with Crippen LogP contribution in [0.4, 0.5) is 0 Å². The van der Waals surface area contributed by atoms with Crippen molar-refractivity contribution in [3.63, 3.8) is 0 Å². The van der Waals surface area contributed by atoms with E-state index in [-0.39, 0.29) is 23.2 Å². The van der Waals surface area contributed by atoms with Crippen LogP contribution in [0, 0.1) is 11.3 Å². The topological polar surface area (TPSA) is 79.0 Å². The summed E-state index contributed by atoms with van der Waals surface area (Å²) in [6, 6.07) is 18.2. The van der Waals surface area contributed by atoms with Crippen molar-refractivity contribution in [2.45, 2.75) is 56.2 Å². The van der Waals surface area contributed by atoms with Gasteiger partial charge in [-0.15, -0.1) is 0 Å². The van der Waals surface area contributed by atoms with Crippen molar-refractivity contribution in [3.8, 4) is 5.75 Å². The van der Waals surface area contributed by atoms with E-state index in [0.29, 0.717) is 39.0 Å². The van der Waals surface area contributed by atoms with Crippen molar-refractivity contribution in [2.24, 2.45) is 11.3 Å². The van der Waals surface area contributed by atoms with Crippen molar-refractivity contribution in [3.05, 3.63) is 65.7 Å². The molecule has 3 fully saturated rings. The predicted octanol–water partition coefficient (Wildman–Crippen LogP) is 3.66. The van der Waals surface area contributed by atoms with Crippen LogP contribution in [0.3, 0.4) is 0 Å². The molecule has 1 amide bonds.